The van der Waals surface area contributed by atoms with Gasteiger partial charge < -0.3 is 5.11 Å². The van der Waals surface area contributed by atoms with Gasteiger partial charge in [0.1, 0.15) is 0 Å². The van der Waals surface area contributed by atoms with E-state index in [-0.39, 0.29) is 12.5 Å². The van der Waals surface area contributed by atoms with Gasteiger partial charge in [-0.15, -0.1) is 0 Å². The predicted octanol–water partition coefficient (Wildman–Crippen LogP) is 2.93. The Balaban J connectivity index is 2.76. The lowest BCUT2D eigenvalue weighted by molar-refractivity contribution is -0.138. The van der Waals surface area contributed by atoms with E-state index >= 15 is 0 Å². The molecule has 0 amide bonds. The third-order valence-electron chi connectivity index (χ3n) is 2.95. The summed E-state index contributed by atoms with van der Waals surface area (Å²) in [6, 6.07) is 9.83. The minimum atomic E-state index is -0.748. The van der Waals surface area contributed by atoms with Crippen molar-refractivity contribution in [3.63, 3.8) is 0 Å². The van der Waals surface area contributed by atoms with Crippen molar-refractivity contribution in [3.05, 3.63) is 35.9 Å². The van der Waals surface area contributed by atoms with Crippen molar-refractivity contribution in [1.82, 2.24) is 4.90 Å². The number of hydrogen-bond acceptors (Lipinski definition) is 2. The third kappa shape index (κ3) is 4.57. The van der Waals surface area contributed by atoms with Crippen molar-refractivity contribution in [2.24, 2.45) is 0 Å². The third-order valence-corrected chi connectivity index (χ3v) is 2.95. The van der Waals surface area contributed by atoms with E-state index in [0.29, 0.717) is 0 Å². The molecule has 0 aliphatic rings. The van der Waals surface area contributed by atoms with Crippen molar-refractivity contribution in [1.29, 1.82) is 0 Å². The lowest BCUT2D eigenvalue weighted by Gasteiger charge is -2.27. The van der Waals surface area contributed by atoms with Crippen LogP contribution in [0.3, 0.4) is 0 Å². The quantitative estimate of drug-likeness (QED) is 0.790. The van der Waals surface area contributed by atoms with Gasteiger partial charge in [-0.1, -0.05) is 43.7 Å². The maximum atomic E-state index is 10.9. The molecule has 1 atom stereocenters. The lowest BCUT2D eigenvalue weighted by Crippen LogP contribution is -2.27. The molecule has 94 valence electrons. The lowest BCUT2D eigenvalue weighted by atomic mass is 10.0. The maximum absolute atomic E-state index is 10.9. The van der Waals surface area contributed by atoms with Gasteiger partial charge in [0.05, 0.1) is 6.42 Å². The highest BCUT2D eigenvalue weighted by Gasteiger charge is 2.19. The summed E-state index contributed by atoms with van der Waals surface area (Å²) < 4.78 is 0. The zero-order valence-corrected chi connectivity index (χ0v) is 10.6. The van der Waals surface area contributed by atoms with Crippen LogP contribution < -0.4 is 0 Å². The van der Waals surface area contributed by atoms with Crippen LogP contribution in [0.5, 0.6) is 0 Å². The molecule has 0 aliphatic heterocycles. The van der Waals surface area contributed by atoms with Crippen molar-refractivity contribution in [3.8, 4) is 0 Å². The number of aliphatic carboxylic acids is 1. The van der Waals surface area contributed by atoms with Gasteiger partial charge in [-0.2, -0.15) is 0 Å². The molecule has 0 fully saturated rings. The van der Waals surface area contributed by atoms with Crippen LogP contribution in [-0.2, 0) is 4.79 Å². The Kier molecular flexibility index (Phi) is 5.70. The number of carbonyl (C=O) groups is 1. The number of rotatable bonds is 7. The van der Waals surface area contributed by atoms with Gasteiger partial charge in [-0.3, -0.25) is 9.69 Å². The molecule has 0 bridgehead atoms. The Bertz CT molecular complexity index is 337. The molecule has 1 N–H and O–H groups in total. The summed E-state index contributed by atoms with van der Waals surface area (Å²) in [5.41, 5.74) is 1.08. The molecule has 1 unspecified atom stereocenters. The Morgan fingerprint density at radius 1 is 1.35 bits per heavy atom. The molecule has 0 radical (unpaired) electrons. The molecular weight excluding hydrogens is 214 g/mol. The Morgan fingerprint density at radius 3 is 2.53 bits per heavy atom. The SMILES string of the molecule is CCCCN(C)C(CC(=O)O)c1ccccc1. The van der Waals surface area contributed by atoms with Gasteiger partial charge in [0.15, 0.2) is 0 Å². The average Bonchev–Trinajstić information content (AvgIpc) is 2.34. The highest BCUT2D eigenvalue weighted by Crippen LogP contribution is 2.23. The van der Waals surface area contributed by atoms with Crippen LogP contribution in [0.2, 0.25) is 0 Å². The molecule has 3 nitrogen and oxygen atoms in total. The van der Waals surface area contributed by atoms with E-state index < -0.39 is 5.97 Å². The highest BCUT2D eigenvalue weighted by atomic mass is 16.4. The Morgan fingerprint density at radius 2 is 2.00 bits per heavy atom. The molecule has 0 aromatic heterocycles. The van der Waals surface area contributed by atoms with Gasteiger partial charge in [-0.25, -0.2) is 0 Å². The fourth-order valence-electron chi connectivity index (χ4n) is 1.93. The van der Waals surface area contributed by atoms with Crippen molar-refractivity contribution < 1.29 is 9.90 Å². The summed E-state index contributed by atoms with van der Waals surface area (Å²) in [6.07, 6.45) is 2.38. The second-order valence-electron chi connectivity index (χ2n) is 4.36. The second kappa shape index (κ2) is 7.07. The summed E-state index contributed by atoms with van der Waals surface area (Å²) in [4.78, 5) is 13.1. The molecule has 0 heterocycles. The minimum absolute atomic E-state index is 0.0275. The van der Waals surface area contributed by atoms with E-state index in [1.54, 1.807) is 0 Å². The second-order valence-corrected chi connectivity index (χ2v) is 4.36. The first kappa shape index (κ1) is 13.7. The molecule has 1 rings (SSSR count). The van der Waals surface area contributed by atoms with E-state index in [2.05, 4.69) is 11.8 Å². The molecule has 1 aromatic rings. The van der Waals surface area contributed by atoms with Gasteiger partial charge in [0.2, 0.25) is 0 Å². The first-order valence-electron chi connectivity index (χ1n) is 6.12. The Hall–Kier alpha value is -1.35. The van der Waals surface area contributed by atoms with Gasteiger partial charge >= 0.3 is 5.97 Å². The number of nitrogens with zero attached hydrogens (tertiary/aromatic N) is 1. The van der Waals surface area contributed by atoms with Crippen molar-refractivity contribution >= 4 is 5.97 Å². The van der Waals surface area contributed by atoms with E-state index in [0.717, 1.165) is 24.9 Å². The van der Waals surface area contributed by atoms with Crippen LogP contribution in [0.1, 0.15) is 37.8 Å². The van der Waals surface area contributed by atoms with E-state index in [1.165, 1.54) is 0 Å². The minimum Gasteiger partial charge on any atom is -0.481 e. The van der Waals surface area contributed by atoms with Crippen molar-refractivity contribution in [2.45, 2.75) is 32.2 Å². The summed E-state index contributed by atoms with van der Waals surface area (Å²) in [5.74, 6) is -0.748. The van der Waals surface area contributed by atoms with E-state index in [1.807, 2.05) is 37.4 Å². The normalized spacial score (nSPS) is 12.6. The molecule has 0 aliphatic carbocycles. The first-order valence-corrected chi connectivity index (χ1v) is 6.12. The fourth-order valence-corrected chi connectivity index (χ4v) is 1.93. The van der Waals surface area contributed by atoms with Crippen LogP contribution in [-0.4, -0.2) is 29.6 Å². The van der Waals surface area contributed by atoms with E-state index in [9.17, 15) is 4.79 Å². The highest BCUT2D eigenvalue weighted by molar-refractivity contribution is 5.67. The molecular formula is C14H21NO2. The zero-order chi connectivity index (χ0) is 12.7. The zero-order valence-electron chi connectivity index (χ0n) is 10.6. The smallest absolute Gasteiger partial charge is 0.305 e. The summed E-state index contributed by atoms with van der Waals surface area (Å²) in [6.45, 7) is 3.08. The van der Waals surface area contributed by atoms with Crippen LogP contribution in [0.15, 0.2) is 30.3 Å². The number of carboxylic acid groups (broad SMARTS) is 1. The van der Waals surface area contributed by atoms with Crippen molar-refractivity contribution in [2.75, 3.05) is 13.6 Å². The number of unbranched alkanes of at least 4 members (excludes halogenated alkanes) is 1. The van der Waals surface area contributed by atoms with Gasteiger partial charge in [0, 0.05) is 6.04 Å². The molecule has 0 spiro atoms. The molecule has 3 heteroatoms. The standard InChI is InChI=1S/C14H21NO2/c1-3-4-10-15(2)13(11-14(16)17)12-8-6-5-7-9-12/h5-9,13H,3-4,10-11H2,1-2H3,(H,16,17). The van der Waals surface area contributed by atoms with Crippen LogP contribution >= 0.6 is 0 Å². The largest absolute Gasteiger partial charge is 0.481 e. The molecule has 17 heavy (non-hydrogen) atoms. The summed E-state index contributed by atoms with van der Waals surface area (Å²) in [5, 5.41) is 8.99. The number of hydrogen-bond donors (Lipinski definition) is 1. The summed E-state index contributed by atoms with van der Waals surface area (Å²) >= 11 is 0. The van der Waals surface area contributed by atoms with Gasteiger partial charge in [-0.05, 0) is 25.6 Å². The maximum Gasteiger partial charge on any atom is 0.305 e. The average molecular weight is 235 g/mol. The first-order chi connectivity index (χ1) is 8.15. The van der Waals surface area contributed by atoms with E-state index in [4.69, 9.17) is 5.11 Å². The van der Waals surface area contributed by atoms with Crippen LogP contribution in [0.4, 0.5) is 0 Å². The number of benzene rings is 1. The van der Waals surface area contributed by atoms with Crippen LogP contribution in [0, 0.1) is 0 Å². The molecule has 0 saturated heterocycles. The topological polar surface area (TPSA) is 40.5 Å². The monoisotopic (exact) mass is 235 g/mol. The number of carboxylic acids is 1. The molecule has 0 saturated carbocycles. The molecule has 1 aromatic carbocycles. The fraction of sp³-hybridized carbons (Fsp3) is 0.500. The van der Waals surface area contributed by atoms with Gasteiger partial charge in [0.25, 0.3) is 0 Å². The Labute approximate surface area is 103 Å². The summed E-state index contributed by atoms with van der Waals surface area (Å²) in [7, 11) is 2.00. The predicted molar refractivity (Wildman–Crippen MR) is 69.0 cm³/mol. The van der Waals surface area contributed by atoms with Crippen LogP contribution in [0.25, 0.3) is 0 Å².